The van der Waals surface area contributed by atoms with Gasteiger partial charge >= 0.3 is 0 Å². The summed E-state index contributed by atoms with van der Waals surface area (Å²) < 4.78 is 1.24. The molecule has 0 saturated heterocycles. The topological polar surface area (TPSA) is 120 Å². The lowest BCUT2D eigenvalue weighted by atomic mass is 10.2. The van der Waals surface area contributed by atoms with Gasteiger partial charge in [0.15, 0.2) is 0 Å². The average Bonchev–Trinajstić information content (AvgIpc) is 2.90. The highest BCUT2D eigenvalue weighted by Gasteiger charge is 2.16. The molecule has 2 rings (SSSR count). The first-order valence-electron chi connectivity index (χ1n) is 5.55. The van der Waals surface area contributed by atoms with Crippen LogP contribution in [0.3, 0.4) is 0 Å². The maximum absolute atomic E-state index is 12.0. The van der Waals surface area contributed by atoms with E-state index in [4.69, 9.17) is 5.84 Å². The summed E-state index contributed by atoms with van der Waals surface area (Å²) in [5.74, 6) is 4.61. The van der Waals surface area contributed by atoms with Gasteiger partial charge in [-0.3, -0.25) is 25.1 Å². The van der Waals surface area contributed by atoms with Crippen molar-refractivity contribution in [1.29, 1.82) is 0 Å². The molecule has 0 aliphatic heterocycles. The van der Waals surface area contributed by atoms with Crippen LogP contribution in [0.5, 0.6) is 0 Å². The summed E-state index contributed by atoms with van der Waals surface area (Å²) in [7, 11) is 0. The molecule has 0 saturated carbocycles. The molecule has 0 spiro atoms. The predicted molar refractivity (Wildman–Crippen MR) is 80.1 cm³/mol. The van der Waals surface area contributed by atoms with Crippen molar-refractivity contribution >= 4 is 38.9 Å². The molecule has 3 N–H and O–H groups in total. The monoisotopic (exact) mass is 372 g/mol. The van der Waals surface area contributed by atoms with E-state index in [0.29, 0.717) is 10.4 Å². The van der Waals surface area contributed by atoms with Crippen molar-refractivity contribution in [2.24, 2.45) is 5.84 Å². The van der Waals surface area contributed by atoms with Crippen LogP contribution < -0.4 is 16.8 Å². The number of hydrazine groups is 1. The third-order valence-corrected chi connectivity index (χ3v) is 4.19. The zero-order valence-corrected chi connectivity index (χ0v) is 12.8. The molecule has 0 atom stereocenters. The lowest BCUT2D eigenvalue weighted by Crippen LogP contribution is -2.30. The Morgan fingerprint density at radius 1 is 1.57 bits per heavy atom. The SMILES string of the molecule is NNC(=O)c1sccc1Cn1cc([N+](=O)[O-])cc(Br)c1=O. The van der Waals surface area contributed by atoms with Gasteiger partial charge in [-0.1, -0.05) is 0 Å². The summed E-state index contributed by atoms with van der Waals surface area (Å²) in [6.07, 6.45) is 1.13. The van der Waals surface area contributed by atoms with Crippen LogP contribution >= 0.6 is 27.3 Å². The lowest BCUT2D eigenvalue weighted by molar-refractivity contribution is -0.385. The van der Waals surface area contributed by atoms with Crippen LogP contribution in [-0.2, 0) is 6.54 Å². The molecule has 2 heterocycles. The standard InChI is InChI=1S/C11H9BrN4O4S/c12-8-3-7(16(19)20)5-15(11(8)18)4-6-1-2-21-9(6)10(17)14-13/h1-3,5H,4,13H2,(H,14,17). The third kappa shape index (κ3) is 3.17. The molecule has 1 amide bonds. The molecule has 10 heteroatoms. The molecule has 0 radical (unpaired) electrons. The number of nitrogens with one attached hydrogen (secondary N) is 1. The molecule has 0 unspecified atom stereocenters. The molecule has 8 nitrogen and oxygen atoms in total. The number of hydrogen-bond acceptors (Lipinski definition) is 6. The number of carbonyl (C=O) groups is 1. The number of nitro groups is 1. The van der Waals surface area contributed by atoms with E-state index in [1.807, 2.05) is 5.43 Å². The van der Waals surface area contributed by atoms with E-state index in [9.17, 15) is 19.7 Å². The Labute approximate surface area is 130 Å². The van der Waals surface area contributed by atoms with Crippen LogP contribution in [0.15, 0.2) is 33.0 Å². The van der Waals surface area contributed by atoms with Crippen molar-refractivity contribution < 1.29 is 9.72 Å². The van der Waals surface area contributed by atoms with E-state index in [-0.39, 0.29) is 16.7 Å². The molecule has 2 aromatic heterocycles. The molecule has 21 heavy (non-hydrogen) atoms. The van der Waals surface area contributed by atoms with E-state index >= 15 is 0 Å². The number of nitrogens with two attached hydrogens (primary N) is 1. The van der Waals surface area contributed by atoms with Crippen molar-refractivity contribution in [2.75, 3.05) is 0 Å². The number of amides is 1. The first kappa shape index (κ1) is 15.4. The van der Waals surface area contributed by atoms with Gasteiger partial charge in [0.1, 0.15) is 0 Å². The first-order chi connectivity index (χ1) is 9.93. The van der Waals surface area contributed by atoms with Crippen LogP contribution in [0, 0.1) is 10.1 Å². The Kier molecular flexibility index (Phi) is 4.50. The largest absolute Gasteiger partial charge is 0.303 e. The Morgan fingerprint density at radius 2 is 2.29 bits per heavy atom. The minimum absolute atomic E-state index is 0.0331. The molecular weight excluding hydrogens is 364 g/mol. The smallest absolute Gasteiger partial charge is 0.286 e. The minimum Gasteiger partial charge on any atom is -0.303 e. The lowest BCUT2D eigenvalue weighted by Gasteiger charge is -2.07. The Balaban J connectivity index is 2.45. The molecule has 0 aliphatic rings. The van der Waals surface area contributed by atoms with Crippen molar-refractivity contribution in [3.63, 3.8) is 0 Å². The molecule has 0 fully saturated rings. The van der Waals surface area contributed by atoms with E-state index in [2.05, 4.69) is 15.9 Å². The highest BCUT2D eigenvalue weighted by molar-refractivity contribution is 9.10. The van der Waals surface area contributed by atoms with Crippen molar-refractivity contribution in [3.05, 3.63) is 59.1 Å². The number of nitrogens with zero attached hydrogens (tertiary/aromatic N) is 2. The van der Waals surface area contributed by atoms with E-state index in [1.54, 1.807) is 11.4 Å². The fourth-order valence-electron chi connectivity index (χ4n) is 1.71. The Hall–Kier alpha value is -2.04. The van der Waals surface area contributed by atoms with Crippen molar-refractivity contribution in [2.45, 2.75) is 6.54 Å². The average molecular weight is 373 g/mol. The summed E-state index contributed by atoms with van der Waals surface area (Å²) in [4.78, 5) is 34.2. The van der Waals surface area contributed by atoms with E-state index in [0.717, 1.165) is 16.8 Å². The fraction of sp³-hybridized carbons (Fsp3) is 0.0909. The maximum Gasteiger partial charge on any atom is 0.286 e. The molecule has 2 aromatic rings. The Bertz CT molecular complexity index is 770. The maximum atomic E-state index is 12.0. The van der Waals surface area contributed by atoms with Crippen LogP contribution in [-0.4, -0.2) is 15.4 Å². The Morgan fingerprint density at radius 3 is 2.90 bits per heavy atom. The van der Waals surface area contributed by atoms with Crippen LogP contribution in [0.25, 0.3) is 0 Å². The quantitative estimate of drug-likeness (QED) is 0.362. The van der Waals surface area contributed by atoms with Gasteiger partial charge in [0, 0.05) is 6.07 Å². The van der Waals surface area contributed by atoms with Gasteiger partial charge in [-0.25, -0.2) is 5.84 Å². The summed E-state index contributed by atoms with van der Waals surface area (Å²) in [5, 5.41) is 12.5. The van der Waals surface area contributed by atoms with Crippen LogP contribution in [0.2, 0.25) is 0 Å². The predicted octanol–water partition coefficient (Wildman–Crippen LogP) is 1.23. The van der Waals surface area contributed by atoms with Crippen molar-refractivity contribution in [1.82, 2.24) is 9.99 Å². The zero-order chi connectivity index (χ0) is 15.6. The number of halogens is 1. The number of hydrogen-bond donors (Lipinski definition) is 2. The molecule has 0 aliphatic carbocycles. The molecule has 0 bridgehead atoms. The number of carbonyl (C=O) groups excluding carboxylic acids is 1. The first-order valence-corrected chi connectivity index (χ1v) is 7.23. The third-order valence-electron chi connectivity index (χ3n) is 2.66. The van der Waals surface area contributed by atoms with Gasteiger partial charge in [-0.2, -0.15) is 0 Å². The number of pyridine rings is 1. The zero-order valence-electron chi connectivity index (χ0n) is 10.4. The van der Waals surface area contributed by atoms with Crippen LogP contribution in [0.4, 0.5) is 5.69 Å². The van der Waals surface area contributed by atoms with Gasteiger partial charge in [0.05, 0.1) is 27.0 Å². The van der Waals surface area contributed by atoms with E-state index < -0.39 is 16.4 Å². The molecular formula is C11H9BrN4O4S. The number of rotatable bonds is 4. The van der Waals surface area contributed by atoms with Gasteiger partial charge in [0.2, 0.25) is 0 Å². The normalized spacial score (nSPS) is 10.4. The van der Waals surface area contributed by atoms with Gasteiger partial charge < -0.3 is 4.57 Å². The fourth-order valence-corrected chi connectivity index (χ4v) is 2.99. The summed E-state index contributed by atoms with van der Waals surface area (Å²) in [6.45, 7) is 0.0331. The van der Waals surface area contributed by atoms with Gasteiger partial charge in [-0.15, -0.1) is 11.3 Å². The molecule has 0 aromatic carbocycles. The second-order valence-corrected chi connectivity index (χ2v) is 5.76. The summed E-state index contributed by atoms with van der Waals surface area (Å²) in [6, 6.07) is 2.80. The van der Waals surface area contributed by atoms with E-state index in [1.165, 1.54) is 11.3 Å². The number of thiophene rings is 1. The van der Waals surface area contributed by atoms with Gasteiger partial charge in [-0.05, 0) is 32.9 Å². The summed E-state index contributed by atoms with van der Waals surface area (Å²) in [5.41, 5.74) is 1.92. The summed E-state index contributed by atoms with van der Waals surface area (Å²) >= 11 is 4.17. The van der Waals surface area contributed by atoms with Crippen LogP contribution in [0.1, 0.15) is 15.2 Å². The minimum atomic E-state index is -0.595. The number of nitrogen functional groups attached to an aromatic ring is 1. The highest BCUT2D eigenvalue weighted by Crippen LogP contribution is 2.19. The number of aromatic nitrogens is 1. The second kappa shape index (κ2) is 6.16. The highest BCUT2D eigenvalue weighted by atomic mass is 79.9. The van der Waals surface area contributed by atoms with Crippen molar-refractivity contribution in [3.8, 4) is 0 Å². The van der Waals surface area contributed by atoms with Gasteiger partial charge in [0.25, 0.3) is 17.2 Å². The second-order valence-electron chi connectivity index (χ2n) is 3.98. The molecule has 110 valence electrons.